The van der Waals surface area contributed by atoms with E-state index in [4.69, 9.17) is 20.3 Å². The van der Waals surface area contributed by atoms with Gasteiger partial charge >= 0.3 is 6.18 Å². The normalized spacial score (nSPS) is 21.7. The van der Waals surface area contributed by atoms with Gasteiger partial charge in [0, 0.05) is 50.2 Å². The highest BCUT2D eigenvalue weighted by atomic mass is 19.4. The minimum absolute atomic E-state index is 0.119. The van der Waals surface area contributed by atoms with Crippen LogP contribution in [0.4, 0.5) is 18.9 Å². The summed E-state index contributed by atoms with van der Waals surface area (Å²) in [4.78, 5) is 33.9. The van der Waals surface area contributed by atoms with Gasteiger partial charge in [0.15, 0.2) is 0 Å². The Morgan fingerprint density at radius 3 is 2.51 bits per heavy atom. The highest BCUT2D eigenvalue weighted by Gasteiger charge is 2.44. The Bertz CT molecular complexity index is 1680. The summed E-state index contributed by atoms with van der Waals surface area (Å²) in [5, 5.41) is 5.12. The summed E-state index contributed by atoms with van der Waals surface area (Å²) in [7, 11) is 0. The highest BCUT2D eigenvalue weighted by molar-refractivity contribution is 5.99. The number of hydrogen-bond acceptors (Lipinski definition) is 7. The Kier molecular flexibility index (Phi) is 8.29. The molecule has 0 radical (unpaired) electrons. The van der Waals surface area contributed by atoms with Crippen molar-refractivity contribution >= 4 is 17.5 Å². The summed E-state index contributed by atoms with van der Waals surface area (Å²) in [6.07, 6.45) is 1.37. The maximum atomic E-state index is 14.1. The van der Waals surface area contributed by atoms with Gasteiger partial charge in [0.25, 0.3) is 5.91 Å². The van der Waals surface area contributed by atoms with Gasteiger partial charge in [-0.05, 0) is 67.4 Å². The molecule has 2 unspecified atom stereocenters. The van der Waals surface area contributed by atoms with Gasteiger partial charge in [0.1, 0.15) is 11.8 Å². The summed E-state index contributed by atoms with van der Waals surface area (Å²) in [5.74, 6) is 0.00431. The first-order chi connectivity index (χ1) is 22.6. The van der Waals surface area contributed by atoms with Crippen LogP contribution >= 0.6 is 0 Å². The molecule has 4 aliphatic rings. The Labute approximate surface area is 270 Å². The van der Waals surface area contributed by atoms with Crippen molar-refractivity contribution in [3.05, 3.63) is 83.0 Å². The molecule has 0 bridgehead atoms. The largest absolute Gasteiger partial charge is 0.433 e. The Morgan fingerprint density at radius 2 is 1.85 bits per heavy atom. The number of nitrogens with two attached hydrogens (primary N) is 1. The van der Waals surface area contributed by atoms with Gasteiger partial charge in [-0.1, -0.05) is 18.7 Å². The lowest BCUT2D eigenvalue weighted by atomic mass is 9.94. The average Bonchev–Trinajstić information content (AvgIpc) is 3.87. The van der Waals surface area contributed by atoms with Crippen LogP contribution < -0.4 is 5.73 Å². The molecule has 1 aliphatic carbocycles. The fraction of sp³-hybridized carbons (Fsp3) is 0.471. The van der Waals surface area contributed by atoms with Gasteiger partial charge in [-0.15, -0.1) is 0 Å². The number of nitrogens with zero attached hydrogens (tertiary/aromatic N) is 5. The molecule has 1 saturated carbocycles. The second-order valence-electron chi connectivity index (χ2n) is 12.8. The van der Waals surface area contributed by atoms with E-state index >= 15 is 0 Å². The number of ether oxygens (including phenoxy) is 2. The van der Waals surface area contributed by atoms with E-state index in [0.717, 1.165) is 36.0 Å². The number of carbonyl (C=O) groups excluding carboxylic acids is 2. The molecule has 248 valence electrons. The van der Waals surface area contributed by atoms with Crippen LogP contribution in [-0.2, 0) is 26.9 Å². The molecular formula is C34H37F3N6O4. The van der Waals surface area contributed by atoms with E-state index in [1.165, 1.54) is 24.5 Å². The minimum atomic E-state index is -4.71. The molecule has 13 heteroatoms. The SMILES string of the molecule is C=CC(=O)N1CC(OCC2CCOCC2)c2nn(-c3ccc(C4CC4)cc3)c3c2C(C1)N(C(=O)c1cnc(C(F)(F)F)cc1N)CC3. The zero-order valence-electron chi connectivity index (χ0n) is 25.9. The molecule has 2 atom stereocenters. The fourth-order valence-electron chi connectivity index (χ4n) is 6.95. The second kappa shape index (κ2) is 12.4. The van der Waals surface area contributed by atoms with Crippen LogP contribution in [0.25, 0.3) is 5.69 Å². The molecule has 47 heavy (non-hydrogen) atoms. The number of carbonyl (C=O) groups is 2. The molecule has 5 heterocycles. The van der Waals surface area contributed by atoms with Crippen LogP contribution in [0, 0.1) is 5.92 Å². The van der Waals surface area contributed by atoms with Gasteiger partial charge in [-0.2, -0.15) is 18.3 Å². The van der Waals surface area contributed by atoms with Crippen molar-refractivity contribution in [3.63, 3.8) is 0 Å². The monoisotopic (exact) mass is 650 g/mol. The maximum absolute atomic E-state index is 14.1. The molecule has 10 nitrogen and oxygen atoms in total. The quantitative estimate of drug-likeness (QED) is 0.358. The van der Waals surface area contributed by atoms with Crippen molar-refractivity contribution in [2.75, 3.05) is 45.2 Å². The molecule has 3 aromatic rings. The molecule has 2 amide bonds. The highest BCUT2D eigenvalue weighted by Crippen LogP contribution is 2.43. The zero-order valence-corrected chi connectivity index (χ0v) is 25.9. The zero-order chi connectivity index (χ0) is 32.9. The van der Waals surface area contributed by atoms with Crippen LogP contribution in [0.1, 0.15) is 82.3 Å². The summed E-state index contributed by atoms with van der Waals surface area (Å²) in [6.45, 7) is 6.03. The number of benzene rings is 1. The number of pyridine rings is 1. The number of nitrogen functional groups attached to an aromatic ring is 1. The van der Waals surface area contributed by atoms with E-state index < -0.39 is 29.9 Å². The number of anilines is 1. The van der Waals surface area contributed by atoms with Crippen molar-refractivity contribution in [3.8, 4) is 5.69 Å². The van der Waals surface area contributed by atoms with Crippen LogP contribution in [0.15, 0.2) is 49.2 Å². The number of rotatable bonds is 7. The molecule has 7 rings (SSSR count). The topological polar surface area (TPSA) is 116 Å². The first-order valence-electron chi connectivity index (χ1n) is 16.1. The summed E-state index contributed by atoms with van der Waals surface area (Å²) in [6, 6.07) is 8.40. The molecule has 2 aromatic heterocycles. The van der Waals surface area contributed by atoms with Crippen LogP contribution in [0.2, 0.25) is 0 Å². The van der Waals surface area contributed by atoms with Crippen LogP contribution in [0.3, 0.4) is 0 Å². The van der Waals surface area contributed by atoms with Crippen LogP contribution in [-0.4, -0.2) is 75.8 Å². The third kappa shape index (κ3) is 6.14. The molecule has 3 aliphatic heterocycles. The van der Waals surface area contributed by atoms with E-state index in [0.29, 0.717) is 49.8 Å². The van der Waals surface area contributed by atoms with E-state index in [2.05, 4.69) is 35.8 Å². The summed E-state index contributed by atoms with van der Waals surface area (Å²) < 4.78 is 54.0. The van der Waals surface area contributed by atoms with Crippen LogP contribution in [0.5, 0.6) is 0 Å². The van der Waals surface area contributed by atoms with E-state index in [9.17, 15) is 22.8 Å². The molecule has 2 N–H and O–H groups in total. The lowest BCUT2D eigenvalue weighted by molar-refractivity contribution is -0.141. The average molecular weight is 651 g/mol. The standard InChI is InChI=1S/C34H37F3N6O4/c1-2-30(44)41-17-27-31-26(9-12-42(27)33(45)24-16-39-29(15-25(24)38)34(35,36)37)43(23-7-5-22(6-8-23)21-3-4-21)40-32(31)28(18-41)47-19-20-10-13-46-14-11-20/h2,5-8,15-16,20-21,27-28H,1,3-4,9-14,17-19H2,(H2,38,39). The third-order valence-electron chi connectivity index (χ3n) is 9.70. The predicted octanol–water partition coefficient (Wildman–Crippen LogP) is 5.00. The van der Waals surface area contributed by atoms with Crippen molar-refractivity contribution in [1.29, 1.82) is 0 Å². The lowest BCUT2D eigenvalue weighted by Gasteiger charge is -2.38. The minimum Gasteiger partial charge on any atom is -0.398 e. The van der Waals surface area contributed by atoms with Gasteiger partial charge in [0.05, 0.1) is 41.8 Å². The van der Waals surface area contributed by atoms with Crippen molar-refractivity contribution in [2.24, 2.45) is 5.92 Å². The number of halogens is 3. The molecular weight excluding hydrogens is 613 g/mol. The van der Waals surface area contributed by atoms with E-state index in [-0.39, 0.29) is 36.8 Å². The molecule has 2 fully saturated rings. The van der Waals surface area contributed by atoms with Gasteiger partial charge in [-0.25, -0.2) is 4.68 Å². The van der Waals surface area contributed by atoms with Gasteiger partial charge in [-0.3, -0.25) is 14.6 Å². The first-order valence-corrected chi connectivity index (χ1v) is 16.1. The van der Waals surface area contributed by atoms with Crippen molar-refractivity contribution in [1.82, 2.24) is 24.6 Å². The molecule has 0 spiro atoms. The smallest absolute Gasteiger partial charge is 0.398 e. The van der Waals surface area contributed by atoms with Crippen molar-refractivity contribution in [2.45, 2.75) is 56.3 Å². The molecule has 1 saturated heterocycles. The lowest BCUT2D eigenvalue weighted by Crippen LogP contribution is -2.46. The predicted molar refractivity (Wildman–Crippen MR) is 166 cm³/mol. The summed E-state index contributed by atoms with van der Waals surface area (Å²) >= 11 is 0. The number of amides is 2. The van der Waals surface area contributed by atoms with Gasteiger partial charge < -0.3 is 25.0 Å². The maximum Gasteiger partial charge on any atom is 0.433 e. The number of aromatic nitrogens is 3. The van der Waals surface area contributed by atoms with Crippen molar-refractivity contribution < 1.29 is 32.2 Å². The Morgan fingerprint density at radius 1 is 1.11 bits per heavy atom. The van der Waals surface area contributed by atoms with E-state index in [1.54, 1.807) is 9.80 Å². The Balaban J connectivity index is 1.30. The number of hydrogen-bond donors (Lipinski definition) is 1. The Hall–Kier alpha value is -4.23. The third-order valence-corrected chi connectivity index (χ3v) is 9.70. The molecule has 1 aromatic carbocycles. The fourth-order valence-corrected chi connectivity index (χ4v) is 6.95. The van der Waals surface area contributed by atoms with Gasteiger partial charge in [0.2, 0.25) is 5.91 Å². The first kappa shape index (κ1) is 31.4. The number of alkyl halides is 3. The van der Waals surface area contributed by atoms with E-state index in [1.807, 2.05) is 4.68 Å². The second-order valence-corrected chi connectivity index (χ2v) is 12.8. The summed E-state index contributed by atoms with van der Waals surface area (Å²) in [5.41, 5.74) is 8.89.